The van der Waals surface area contributed by atoms with Crippen LogP contribution in [0.2, 0.25) is 0 Å². The van der Waals surface area contributed by atoms with Crippen molar-refractivity contribution in [1.82, 2.24) is 10.3 Å². The molecule has 19 heavy (non-hydrogen) atoms. The van der Waals surface area contributed by atoms with Gasteiger partial charge in [-0.1, -0.05) is 12.1 Å². The molecule has 1 aliphatic rings. The lowest BCUT2D eigenvalue weighted by atomic mass is 10.0. The van der Waals surface area contributed by atoms with Gasteiger partial charge in [0.25, 0.3) is 0 Å². The minimum atomic E-state index is 0. The van der Waals surface area contributed by atoms with Gasteiger partial charge in [-0.3, -0.25) is 0 Å². The Hall–Kier alpha value is -1.36. The first-order valence-electron chi connectivity index (χ1n) is 6.22. The van der Waals surface area contributed by atoms with Gasteiger partial charge in [0, 0.05) is 18.2 Å². The summed E-state index contributed by atoms with van der Waals surface area (Å²) in [6.07, 6.45) is 4.23. The van der Waals surface area contributed by atoms with E-state index in [1.165, 1.54) is 5.56 Å². The second kappa shape index (κ2) is 6.70. The number of ether oxygens (including phenoxy) is 1. The van der Waals surface area contributed by atoms with Crippen molar-refractivity contribution in [2.24, 2.45) is 0 Å². The molecule has 0 saturated carbocycles. The van der Waals surface area contributed by atoms with Gasteiger partial charge in [-0.2, -0.15) is 0 Å². The molecule has 0 spiro atoms. The van der Waals surface area contributed by atoms with Crippen LogP contribution in [0.3, 0.4) is 0 Å². The SMILES string of the molecule is Cl.c1cc(CC2COCCN2)cc(-c2ncco2)c1. The van der Waals surface area contributed by atoms with E-state index in [0.29, 0.717) is 11.9 Å². The molecule has 2 heterocycles. The molecular formula is C14H17ClN2O2. The van der Waals surface area contributed by atoms with Crippen LogP contribution in [0.15, 0.2) is 41.1 Å². The van der Waals surface area contributed by atoms with Crippen LogP contribution in [-0.4, -0.2) is 30.8 Å². The summed E-state index contributed by atoms with van der Waals surface area (Å²) in [7, 11) is 0. The van der Waals surface area contributed by atoms with Crippen molar-refractivity contribution in [1.29, 1.82) is 0 Å². The molecule has 0 bridgehead atoms. The fourth-order valence-electron chi connectivity index (χ4n) is 2.23. The monoisotopic (exact) mass is 280 g/mol. The van der Waals surface area contributed by atoms with Crippen molar-refractivity contribution < 1.29 is 9.15 Å². The molecule has 0 aliphatic carbocycles. The molecule has 0 radical (unpaired) electrons. The Morgan fingerprint density at radius 3 is 3.05 bits per heavy atom. The van der Waals surface area contributed by atoms with E-state index in [-0.39, 0.29) is 12.4 Å². The number of hydrogen-bond donors (Lipinski definition) is 1. The Morgan fingerprint density at radius 1 is 1.37 bits per heavy atom. The first-order chi connectivity index (χ1) is 8.92. The fourth-order valence-corrected chi connectivity index (χ4v) is 2.23. The lowest BCUT2D eigenvalue weighted by molar-refractivity contribution is 0.0770. The summed E-state index contributed by atoms with van der Waals surface area (Å²) < 4.78 is 10.8. The smallest absolute Gasteiger partial charge is 0.225 e. The molecule has 1 fully saturated rings. The van der Waals surface area contributed by atoms with Crippen molar-refractivity contribution >= 4 is 12.4 Å². The van der Waals surface area contributed by atoms with Gasteiger partial charge in [0.15, 0.2) is 0 Å². The number of nitrogens with one attached hydrogen (secondary N) is 1. The van der Waals surface area contributed by atoms with Crippen LogP contribution in [0, 0.1) is 0 Å². The molecule has 5 heteroatoms. The number of oxazole rings is 1. The summed E-state index contributed by atoms with van der Waals surface area (Å²) in [4.78, 5) is 4.17. The van der Waals surface area contributed by atoms with Gasteiger partial charge in [0.2, 0.25) is 5.89 Å². The molecule has 2 aromatic rings. The Morgan fingerprint density at radius 2 is 2.32 bits per heavy atom. The predicted octanol–water partition coefficient (Wildman–Crippen LogP) is 2.29. The van der Waals surface area contributed by atoms with Crippen LogP contribution < -0.4 is 5.32 Å². The molecule has 4 nitrogen and oxygen atoms in total. The van der Waals surface area contributed by atoms with Gasteiger partial charge < -0.3 is 14.5 Å². The molecule has 1 aromatic carbocycles. The van der Waals surface area contributed by atoms with Crippen LogP contribution >= 0.6 is 12.4 Å². The van der Waals surface area contributed by atoms with E-state index >= 15 is 0 Å². The quantitative estimate of drug-likeness (QED) is 0.937. The van der Waals surface area contributed by atoms with Gasteiger partial charge in [-0.15, -0.1) is 12.4 Å². The van der Waals surface area contributed by atoms with E-state index in [0.717, 1.165) is 31.7 Å². The number of morpholine rings is 1. The second-order valence-electron chi connectivity index (χ2n) is 4.47. The highest BCUT2D eigenvalue weighted by Crippen LogP contribution is 2.19. The minimum Gasteiger partial charge on any atom is -0.445 e. The lowest BCUT2D eigenvalue weighted by Crippen LogP contribution is -2.42. The number of benzene rings is 1. The maximum Gasteiger partial charge on any atom is 0.225 e. The molecule has 1 unspecified atom stereocenters. The molecule has 1 saturated heterocycles. The van der Waals surface area contributed by atoms with E-state index in [1.54, 1.807) is 12.5 Å². The van der Waals surface area contributed by atoms with Crippen molar-refractivity contribution in [3.63, 3.8) is 0 Å². The largest absolute Gasteiger partial charge is 0.445 e. The van der Waals surface area contributed by atoms with Crippen LogP contribution in [0.1, 0.15) is 5.56 Å². The first-order valence-corrected chi connectivity index (χ1v) is 6.22. The highest BCUT2D eigenvalue weighted by Gasteiger charge is 2.14. The van der Waals surface area contributed by atoms with Gasteiger partial charge >= 0.3 is 0 Å². The van der Waals surface area contributed by atoms with E-state index < -0.39 is 0 Å². The minimum absolute atomic E-state index is 0. The molecule has 102 valence electrons. The summed E-state index contributed by atoms with van der Waals surface area (Å²) in [5.74, 6) is 0.671. The van der Waals surface area contributed by atoms with E-state index in [1.807, 2.05) is 12.1 Å². The average molecular weight is 281 g/mol. The number of halogens is 1. The zero-order valence-electron chi connectivity index (χ0n) is 10.5. The van der Waals surface area contributed by atoms with Crippen molar-refractivity contribution in [3.8, 4) is 11.5 Å². The van der Waals surface area contributed by atoms with Gasteiger partial charge in [0.05, 0.1) is 19.4 Å². The molecule has 1 aromatic heterocycles. The third-order valence-corrected chi connectivity index (χ3v) is 3.09. The Bertz CT molecular complexity index is 496. The number of rotatable bonds is 3. The van der Waals surface area contributed by atoms with Crippen LogP contribution in [0.4, 0.5) is 0 Å². The van der Waals surface area contributed by atoms with Crippen molar-refractivity contribution in [2.75, 3.05) is 19.8 Å². The molecule has 0 amide bonds. The zero-order chi connectivity index (χ0) is 12.2. The van der Waals surface area contributed by atoms with Crippen LogP contribution in [0.5, 0.6) is 0 Å². The Labute approximate surface area is 118 Å². The number of hydrogen-bond acceptors (Lipinski definition) is 4. The van der Waals surface area contributed by atoms with E-state index in [9.17, 15) is 0 Å². The third-order valence-electron chi connectivity index (χ3n) is 3.09. The van der Waals surface area contributed by atoms with Gasteiger partial charge in [0.1, 0.15) is 6.26 Å². The Balaban J connectivity index is 0.00000133. The predicted molar refractivity (Wildman–Crippen MR) is 75.5 cm³/mol. The van der Waals surface area contributed by atoms with E-state index in [4.69, 9.17) is 9.15 Å². The van der Waals surface area contributed by atoms with Crippen molar-refractivity contribution in [3.05, 3.63) is 42.3 Å². The summed E-state index contributed by atoms with van der Waals surface area (Å²) in [6.45, 7) is 2.53. The van der Waals surface area contributed by atoms with E-state index in [2.05, 4.69) is 22.4 Å². The topological polar surface area (TPSA) is 47.3 Å². The highest BCUT2D eigenvalue weighted by atomic mass is 35.5. The van der Waals surface area contributed by atoms with Gasteiger partial charge in [-0.25, -0.2) is 4.98 Å². The standard InChI is InChI=1S/C14H16N2O2.ClH/c1-2-11(9-13-10-17-6-4-15-13)8-12(3-1)14-16-5-7-18-14;/h1-3,5,7-8,13,15H,4,6,9-10H2;1H. The second-order valence-corrected chi connectivity index (χ2v) is 4.47. The molecular weight excluding hydrogens is 264 g/mol. The summed E-state index contributed by atoms with van der Waals surface area (Å²) in [5, 5.41) is 3.46. The van der Waals surface area contributed by atoms with Gasteiger partial charge in [-0.05, 0) is 24.1 Å². The number of nitrogens with zero attached hydrogens (tertiary/aromatic N) is 1. The fraction of sp³-hybridized carbons (Fsp3) is 0.357. The molecule has 1 atom stereocenters. The average Bonchev–Trinajstić information content (AvgIpc) is 2.94. The first kappa shape index (κ1) is 14.1. The Kier molecular flexibility index (Phi) is 4.96. The number of aromatic nitrogens is 1. The maximum atomic E-state index is 5.46. The molecule has 1 N–H and O–H groups in total. The van der Waals surface area contributed by atoms with Crippen LogP contribution in [0.25, 0.3) is 11.5 Å². The molecule has 3 rings (SSSR count). The highest BCUT2D eigenvalue weighted by molar-refractivity contribution is 5.85. The maximum absolute atomic E-state index is 5.46. The molecule has 1 aliphatic heterocycles. The van der Waals surface area contributed by atoms with Crippen molar-refractivity contribution in [2.45, 2.75) is 12.5 Å². The zero-order valence-corrected chi connectivity index (χ0v) is 11.4. The summed E-state index contributed by atoms with van der Waals surface area (Å²) in [6, 6.07) is 8.71. The van der Waals surface area contributed by atoms with Crippen LogP contribution in [-0.2, 0) is 11.2 Å². The summed E-state index contributed by atoms with van der Waals surface area (Å²) in [5.41, 5.74) is 2.29. The third kappa shape index (κ3) is 3.56. The summed E-state index contributed by atoms with van der Waals surface area (Å²) >= 11 is 0. The lowest BCUT2D eigenvalue weighted by Gasteiger charge is -2.23. The normalized spacial score (nSPS) is 18.8.